The van der Waals surface area contributed by atoms with Crippen LogP contribution in [0.3, 0.4) is 0 Å². The molecule has 0 fully saturated rings. The molecular weight excluding hydrogens is 396 g/mol. The van der Waals surface area contributed by atoms with E-state index in [-0.39, 0.29) is 6.61 Å². The van der Waals surface area contributed by atoms with Gasteiger partial charge in [-0.1, -0.05) is 35.1 Å². The van der Waals surface area contributed by atoms with Crippen LogP contribution in [0.25, 0.3) is 11.5 Å². The summed E-state index contributed by atoms with van der Waals surface area (Å²) in [5.74, 6) is 1.32. The first-order chi connectivity index (χ1) is 13.7. The van der Waals surface area contributed by atoms with E-state index in [2.05, 4.69) is 10.1 Å². The molecule has 0 saturated heterocycles. The average molecular weight is 412 g/mol. The molecule has 0 unspecified atom stereocenters. The van der Waals surface area contributed by atoms with E-state index in [1.54, 1.807) is 53.6 Å². The molecule has 0 aliphatic rings. The van der Waals surface area contributed by atoms with Crippen molar-refractivity contribution in [2.45, 2.75) is 23.6 Å². The molecule has 0 N–H and O–H groups in total. The van der Waals surface area contributed by atoms with Gasteiger partial charge in [0.15, 0.2) is 5.76 Å². The number of benzene rings is 1. The molecule has 0 saturated carbocycles. The Morgan fingerprint density at radius 3 is 2.89 bits per heavy atom. The van der Waals surface area contributed by atoms with Crippen molar-refractivity contribution in [3.8, 4) is 11.5 Å². The summed E-state index contributed by atoms with van der Waals surface area (Å²) >= 11 is 3.21. The normalized spacial score (nSPS) is 10.9. The van der Waals surface area contributed by atoms with E-state index >= 15 is 0 Å². The van der Waals surface area contributed by atoms with Crippen molar-refractivity contribution < 1.29 is 18.5 Å². The number of thioether (sulfide) groups is 1. The Kier molecular flexibility index (Phi) is 5.59. The minimum absolute atomic E-state index is 0.0240. The van der Waals surface area contributed by atoms with Crippen LogP contribution in [0.15, 0.2) is 67.4 Å². The van der Waals surface area contributed by atoms with Gasteiger partial charge in [-0.2, -0.15) is 0 Å². The van der Waals surface area contributed by atoms with Gasteiger partial charge in [0, 0.05) is 22.9 Å². The van der Waals surface area contributed by atoms with Crippen LogP contribution in [0.4, 0.5) is 0 Å². The second kappa shape index (κ2) is 8.45. The monoisotopic (exact) mass is 412 g/mol. The van der Waals surface area contributed by atoms with E-state index in [1.165, 1.54) is 0 Å². The maximum atomic E-state index is 12.6. The van der Waals surface area contributed by atoms with E-state index in [1.807, 2.05) is 30.5 Å². The zero-order chi connectivity index (χ0) is 19.3. The fourth-order valence-electron chi connectivity index (χ4n) is 2.52. The van der Waals surface area contributed by atoms with Gasteiger partial charge in [-0.3, -0.25) is 0 Å². The van der Waals surface area contributed by atoms with Crippen molar-refractivity contribution in [3.63, 3.8) is 0 Å². The van der Waals surface area contributed by atoms with Crippen LogP contribution in [0.2, 0.25) is 0 Å². The molecule has 4 aromatic rings. The van der Waals surface area contributed by atoms with E-state index in [9.17, 15) is 4.79 Å². The molecule has 4 rings (SSSR count). The summed E-state index contributed by atoms with van der Waals surface area (Å²) in [7, 11) is 0. The molecule has 142 valence electrons. The van der Waals surface area contributed by atoms with Crippen LogP contribution >= 0.6 is 23.1 Å². The molecule has 8 heteroatoms. The van der Waals surface area contributed by atoms with Crippen molar-refractivity contribution in [3.05, 3.63) is 76.6 Å². The average Bonchev–Trinajstić information content (AvgIpc) is 3.46. The first-order valence-corrected chi connectivity index (χ1v) is 10.3. The number of nitrogens with zero attached hydrogens (tertiary/aromatic N) is 2. The molecule has 0 spiro atoms. The standard InChI is InChI=1S/C20H16N2O4S2/c1-13-11-27-20(21-13)28-12-14-5-2-3-6-16(14)19(23)25-10-15-9-18(26-22-15)17-7-4-8-24-17/h2-9,11H,10,12H2,1H3. The Balaban J connectivity index is 1.39. The first-order valence-electron chi connectivity index (χ1n) is 8.48. The SMILES string of the molecule is Cc1csc(SCc2ccccc2C(=O)OCc2cc(-c3ccco3)on2)n1. The van der Waals surface area contributed by atoms with Gasteiger partial charge in [0.2, 0.25) is 5.76 Å². The molecule has 1 aromatic carbocycles. The lowest BCUT2D eigenvalue weighted by atomic mass is 10.1. The van der Waals surface area contributed by atoms with Gasteiger partial charge in [-0.25, -0.2) is 9.78 Å². The third-order valence-electron chi connectivity index (χ3n) is 3.86. The van der Waals surface area contributed by atoms with Gasteiger partial charge in [-0.15, -0.1) is 11.3 Å². The summed E-state index contributed by atoms with van der Waals surface area (Å²) in [6.45, 7) is 1.99. The van der Waals surface area contributed by atoms with E-state index < -0.39 is 5.97 Å². The highest BCUT2D eigenvalue weighted by atomic mass is 32.2. The van der Waals surface area contributed by atoms with Crippen molar-refractivity contribution >= 4 is 29.1 Å². The van der Waals surface area contributed by atoms with Gasteiger partial charge in [0.1, 0.15) is 16.6 Å². The van der Waals surface area contributed by atoms with Crippen LogP contribution < -0.4 is 0 Å². The van der Waals surface area contributed by atoms with Crippen molar-refractivity contribution in [1.29, 1.82) is 0 Å². The highest BCUT2D eigenvalue weighted by molar-refractivity contribution is 8.00. The van der Waals surface area contributed by atoms with Crippen LogP contribution in [-0.2, 0) is 17.1 Å². The summed E-state index contributed by atoms with van der Waals surface area (Å²) in [6.07, 6.45) is 1.56. The van der Waals surface area contributed by atoms with Gasteiger partial charge in [0.25, 0.3) is 0 Å². The lowest BCUT2D eigenvalue weighted by molar-refractivity contribution is 0.0463. The first kappa shape index (κ1) is 18.5. The molecule has 28 heavy (non-hydrogen) atoms. The second-order valence-electron chi connectivity index (χ2n) is 5.94. The Morgan fingerprint density at radius 2 is 2.11 bits per heavy atom. The minimum atomic E-state index is -0.394. The van der Waals surface area contributed by atoms with Crippen molar-refractivity contribution in [1.82, 2.24) is 10.1 Å². The molecule has 3 aromatic heterocycles. The Bertz CT molecular complexity index is 1070. The zero-order valence-electron chi connectivity index (χ0n) is 15.0. The van der Waals surface area contributed by atoms with Gasteiger partial charge in [-0.05, 0) is 30.7 Å². The van der Waals surface area contributed by atoms with E-state index in [4.69, 9.17) is 13.7 Å². The number of aryl methyl sites for hydroxylation is 1. The summed E-state index contributed by atoms with van der Waals surface area (Å²) in [4.78, 5) is 17.0. The molecule has 3 heterocycles. The van der Waals surface area contributed by atoms with Gasteiger partial charge in [0.05, 0.1) is 11.8 Å². The van der Waals surface area contributed by atoms with Crippen molar-refractivity contribution in [2.24, 2.45) is 0 Å². The summed E-state index contributed by atoms with van der Waals surface area (Å²) in [6, 6.07) is 12.7. The molecular formula is C20H16N2O4S2. The van der Waals surface area contributed by atoms with E-state index in [0.717, 1.165) is 15.6 Å². The number of hydrogen-bond acceptors (Lipinski definition) is 8. The number of furan rings is 1. The molecule has 0 amide bonds. The maximum Gasteiger partial charge on any atom is 0.338 e. The minimum Gasteiger partial charge on any atom is -0.461 e. The number of esters is 1. The number of hydrogen-bond donors (Lipinski definition) is 0. The smallest absolute Gasteiger partial charge is 0.338 e. The van der Waals surface area contributed by atoms with Crippen molar-refractivity contribution in [2.75, 3.05) is 0 Å². The fourth-order valence-corrected chi connectivity index (χ4v) is 4.37. The molecule has 0 radical (unpaired) electrons. The van der Waals surface area contributed by atoms with Gasteiger partial charge >= 0.3 is 5.97 Å². The number of thiazole rings is 1. The molecule has 0 bridgehead atoms. The van der Waals surface area contributed by atoms with Crippen LogP contribution in [-0.4, -0.2) is 16.1 Å². The topological polar surface area (TPSA) is 78.4 Å². The predicted octanol–water partition coefficient (Wildman–Crippen LogP) is 5.35. The Hall–Kier alpha value is -2.84. The summed E-state index contributed by atoms with van der Waals surface area (Å²) in [5.41, 5.74) is 2.96. The number of ether oxygens (including phenoxy) is 1. The number of carbonyl (C=O) groups is 1. The third-order valence-corrected chi connectivity index (χ3v) is 6.05. The lowest BCUT2D eigenvalue weighted by Gasteiger charge is -2.08. The van der Waals surface area contributed by atoms with Crippen LogP contribution in [0.5, 0.6) is 0 Å². The lowest BCUT2D eigenvalue weighted by Crippen LogP contribution is -2.08. The largest absolute Gasteiger partial charge is 0.461 e. The van der Waals surface area contributed by atoms with E-state index in [0.29, 0.717) is 28.5 Å². The maximum absolute atomic E-state index is 12.6. The van der Waals surface area contributed by atoms with Gasteiger partial charge < -0.3 is 13.7 Å². The summed E-state index contributed by atoms with van der Waals surface area (Å²) in [5, 5.41) is 5.93. The fraction of sp³-hybridized carbons (Fsp3) is 0.150. The predicted molar refractivity (Wildman–Crippen MR) is 106 cm³/mol. The highest BCUT2D eigenvalue weighted by Gasteiger charge is 2.15. The molecule has 0 aliphatic heterocycles. The highest BCUT2D eigenvalue weighted by Crippen LogP contribution is 2.27. The Morgan fingerprint density at radius 1 is 1.21 bits per heavy atom. The number of rotatable bonds is 7. The second-order valence-corrected chi connectivity index (χ2v) is 8.02. The molecule has 6 nitrogen and oxygen atoms in total. The molecule has 0 atom stereocenters. The molecule has 0 aliphatic carbocycles. The Labute approximate surface area is 169 Å². The quantitative estimate of drug-likeness (QED) is 0.299. The zero-order valence-corrected chi connectivity index (χ0v) is 16.6. The summed E-state index contributed by atoms with van der Waals surface area (Å²) < 4.78 is 16.9. The number of aromatic nitrogens is 2. The van der Waals surface area contributed by atoms with Crippen LogP contribution in [0.1, 0.15) is 27.3 Å². The number of carbonyl (C=O) groups excluding carboxylic acids is 1. The van der Waals surface area contributed by atoms with Crippen LogP contribution in [0, 0.1) is 6.92 Å². The third kappa shape index (κ3) is 4.35.